The molecule has 2 aromatic heterocycles. The fourth-order valence-corrected chi connectivity index (χ4v) is 5.38. The smallest absolute Gasteiger partial charge is 0.506 e. The van der Waals surface area contributed by atoms with Crippen molar-refractivity contribution < 1.29 is 37.4 Å². The Morgan fingerprint density at radius 3 is 2.37 bits per heavy atom. The molecule has 0 aliphatic rings. The van der Waals surface area contributed by atoms with Crippen molar-refractivity contribution in [2.45, 2.75) is 19.8 Å². The van der Waals surface area contributed by atoms with Gasteiger partial charge in [0, 0.05) is 17.5 Å². The molecule has 0 saturated heterocycles. The summed E-state index contributed by atoms with van der Waals surface area (Å²) >= 11 is 2.10. The highest BCUT2D eigenvalue weighted by Crippen LogP contribution is 2.39. The second kappa shape index (κ2) is 12.2. The maximum absolute atomic E-state index is 12.6. The lowest BCUT2D eigenvalue weighted by Gasteiger charge is -2.09. The van der Waals surface area contributed by atoms with E-state index in [1.54, 1.807) is 36.6 Å². The molecule has 2 aromatic carbocycles. The number of alkyl halides is 3. The van der Waals surface area contributed by atoms with Gasteiger partial charge in [-0.15, -0.1) is 35.8 Å². The van der Waals surface area contributed by atoms with E-state index >= 15 is 0 Å². The molecule has 0 bridgehead atoms. The number of halogens is 3. The fraction of sp³-hybridized carbons (Fsp3) is 0.111. The monoisotopic (exact) mass is 602 g/mol. The van der Waals surface area contributed by atoms with Crippen molar-refractivity contribution in [3.8, 4) is 21.9 Å². The van der Waals surface area contributed by atoms with Crippen LogP contribution in [0.3, 0.4) is 0 Å². The summed E-state index contributed by atoms with van der Waals surface area (Å²) in [6.45, 7) is 1.72. The van der Waals surface area contributed by atoms with Crippen LogP contribution in [0.15, 0.2) is 71.1 Å². The van der Waals surface area contributed by atoms with Crippen LogP contribution < -0.4 is 21.2 Å². The number of primary amides is 1. The van der Waals surface area contributed by atoms with Crippen molar-refractivity contribution in [3.63, 3.8) is 0 Å². The Morgan fingerprint density at radius 1 is 1.02 bits per heavy atom. The number of thiophene rings is 2. The Balaban J connectivity index is 1.36. The summed E-state index contributed by atoms with van der Waals surface area (Å²) in [4.78, 5) is 37.4. The molecule has 0 unspecified atom stereocenters. The van der Waals surface area contributed by atoms with Gasteiger partial charge in [-0.25, -0.2) is 5.43 Å². The molecule has 14 heteroatoms. The van der Waals surface area contributed by atoms with E-state index in [9.17, 15) is 32.7 Å². The molecule has 5 N–H and O–H groups in total. The molecule has 212 valence electrons. The molecule has 0 spiro atoms. The van der Waals surface area contributed by atoms with Crippen LogP contribution in [0.4, 0.5) is 13.2 Å². The average molecular weight is 603 g/mol. The summed E-state index contributed by atoms with van der Waals surface area (Å²) in [5.41, 5.74) is 9.74. The van der Waals surface area contributed by atoms with E-state index in [1.165, 1.54) is 24.3 Å². The topological polar surface area (TPSA) is 143 Å². The number of ether oxygens (including phenoxy) is 1. The number of carbonyl (C=O) groups is 3. The molecular weight excluding hydrogens is 581 g/mol. The van der Waals surface area contributed by atoms with Gasteiger partial charge in [0.2, 0.25) is 5.91 Å². The molecule has 0 atom stereocenters. The average Bonchev–Trinajstić information content (AvgIpc) is 3.57. The van der Waals surface area contributed by atoms with Crippen molar-refractivity contribution >= 4 is 46.1 Å². The number of hydrogen-bond acceptors (Lipinski definition) is 8. The second-order valence-electron chi connectivity index (χ2n) is 8.45. The summed E-state index contributed by atoms with van der Waals surface area (Å²) in [5, 5.41) is 19.0. The number of hydrogen-bond donors (Lipinski definition) is 4. The zero-order chi connectivity index (χ0) is 29.7. The first-order chi connectivity index (χ1) is 19.4. The molecule has 4 rings (SSSR count). The van der Waals surface area contributed by atoms with Gasteiger partial charge in [0.1, 0.15) is 11.5 Å². The third-order valence-electron chi connectivity index (χ3n) is 5.55. The number of nitrogens with two attached hydrogens (primary N) is 1. The van der Waals surface area contributed by atoms with Crippen molar-refractivity contribution in [1.82, 2.24) is 10.7 Å². The predicted octanol–water partition coefficient (Wildman–Crippen LogP) is 5.26. The third-order valence-corrected chi connectivity index (χ3v) is 7.65. The lowest BCUT2D eigenvalue weighted by molar-refractivity contribution is -0.274. The van der Waals surface area contributed by atoms with Gasteiger partial charge in [-0.3, -0.25) is 14.4 Å². The molecule has 9 nitrogen and oxygen atoms in total. The first-order valence-corrected chi connectivity index (χ1v) is 13.4. The number of aromatic hydroxyl groups is 1. The van der Waals surface area contributed by atoms with Crippen molar-refractivity contribution in [3.05, 3.63) is 92.5 Å². The normalized spacial score (nSPS) is 11.7. The SMILES string of the molecule is C/C(=N\NC(=O)c1ccc(C(=O)NCc2cccc(C(N)=O)c2)s1)c1csc(-c2ccc(OC(F)(F)F)cc2)c1O. The van der Waals surface area contributed by atoms with Gasteiger partial charge in [0.05, 0.1) is 25.9 Å². The van der Waals surface area contributed by atoms with Gasteiger partial charge in [0.15, 0.2) is 0 Å². The van der Waals surface area contributed by atoms with Crippen LogP contribution in [0.25, 0.3) is 10.4 Å². The molecule has 4 aromatic rings. The minimum Gasteiger partial charge on any atom is -0.506 e. The van der Waals surface area contributed by atoms with Gasteiger partial charge in [0.25, 0.3) is 11.8 Å². The number of hydrazone groups is 1. The van der Waals surface area contributed by atoms with Crippen LogP contribution in [0, 0.1) is 0 Å². The Morgan fingerprint density at radius 2 is 1.71 bits per heavy atom. The van der Waals surface area contributed by atoms with Gasteiger partial charge < -0.3 is 20.9 Å². The fourth-order valence-electron chi connectivity index (χ4n) is 3.56. The lowest BCUT2D eigenvalue weighted by atomic mass is 10.1. The highest BCUT2D eigenvalue weighted by molar-refractivity contribution is 7.16. The largest absolute Gasteiger partial charge is 0.573 e. The van der Waals surface area contributed by atoms with E-state index in [0.717, 1.165) is 34.8 Å². The zero-order valence-corrected chi connectivity index (χ0v) is 22.7. The Labute approximate surface area is 239 Å². The van der Waals surface area contributed by atoms with Crippen molar-refractivity contribution in [1.29, 1.82) is 0 Å². The molecule has 2 heterocycles. The predicted molar refractivity (Wildman–Crippen MR) is 148 cm³/mol. The summed E-state index contributed by atoms with van der Waals surface area (Å²) < 4.78 is 41.0. The Bertz CT molecular complexity index is 1630. The molecule has 3 amide bonds. The van der Waals surface area contributed by atoms with Crippen LogP contribution in [0.5, 0.6) is 11.5 Å². The minimum absolute atomic E-state index is 0.147. The molecule has 41 heavy (non-hydrogen) atoms. The molecule has 0 fully saturated rings. The lowest BCUT2D eigenvalue weighted by Crippen LogP contribution is -2.22. The van der Waals surface area contributed by atoms with Gasteiger partial charge in [-0.2, -0.15) is 5.10 Å². The number of benzene rings is 2. The number of nitrogens with one attached hydrogen (secondary N) is 2. The van der Waals surface area contributed by atoms with E-state index in [1.807, 2.05) is 0 Å². The number of amides is 3. The molecular formula is C27H21F3N4O5S2. The van der Waals surface area contributed by atoms with E-state index < -0.39 is 24.1 Å². The number of rotatable bonds is 9. The minimum atomic E-state index is -4.81. The molecule has 0 saturated carbocycles. The van der Waals surface area contributed by atoms with Crippen LogP contribution in [0.1, 0.15) is 47.8 Å². The molecule has 0 radical (unpaired) electrons. The molecule has 0 aliphatic heterocycles. The van der Waals surface area contributed by atoms with E-state index in [-0.39, 0.29) is 33.5 Å². The van der Waals surface area contributed by atoms with Crippen LogP contribution in [0.2, 0.25) is 0 Å². The van der Waals surface area contributed by atoms with Gasteiger partial charge in [-0.05, 0) is 66.6 Å². The maximum Gasteiger partial charge on any atom is 0.573 e. The Hall–Kier alpha value is -4.69. The summed E-state index contributed by atoms with van der Waals surface area (Å²) in [6, 6.07) is 14.5. The van der Waals surface area contributed by atoms with Crippen LogP contribution >= 0.6 is 22.7 Å². The Kier molecular flexibility index (Phi) is 8.74. The van der Waals surface area contributed by atoms with E-state index in [2.05, 4.69) is 20.6 Å². The van der Waals surface area contributed by atoms with Crippen LogP contribution in [-0.2, 0) is 6.54 Å². The van der Waals surface area contributed by atoms with E-state index in [4.69, 9.17) is 5.73 Å². The third kappa shape index (κ3) is 7.49. The second-order valence-corrected chi connectivity index (χ2v) is 10.4. The summed E-state index contributed by atoms with van der Waals surface area (Å²) in [7, 11) is 0. The van der Waals surface area contributed by atoms with Crippen molar-refractivity contribution in [2.75, 3.05) is 0 Å². The zero-order valence-electron chi connectivity index (χ0n) is 21.1. The van der Waals surface area contributed by atoms with Crippen LogP contribution in [-0.4, -0.2) is 34.9 Å². The summed E-state index contributed by atoms with van der Waals surface area (Å²) in [5.74, 6) is -2.09. The quantitative estimate of drug-likeness (QED) is 0.153. The van der Waals surface area contributed by atoms with Gasteiger partial charge >= 0.3 is 6.36 Å². The number of nitrogens with zero attached hydrogens (tertiary/aromatic N) is 1. The maximum atomic E-state index is 12.6. The van der Waals surface area contributed by atoms with Gasteiger partial charge in [-0.1, -0.05) is 12.1 Å². The standard InChI is InChI=1S/C27H21F3N4O5S2/c1-14(19-13-40-23(22(19)35)16-5-7-18(8-6-16)39-27(28,29)30)33-34-26(38)21-10-9-20(41-21)25(37)32-12-15-3-2-4-17(11-15)24(31)36/h2-11,13,35H,12H2,1H3,(H2,31,36)(H,32,37)(H,34,38)/b33-14+. The highest BCUT2D eigenvalue weighted by atomic mass is 32.1. The van der Waals surface area contributed by atoms with E-state index in [0.29, 0.717) is 27.1 Å². The number of carbonyl (C=O) groups excluding carboxylic acids is 3. The molecule has 0 aliphatic carbocycles. The first-order valence-electron chi connectivity index (χ1n) is 11.7. The summed E-state index contributed by atoms with van der Waals surface area (Å²) in [6.07, 6.45) is -4.81. The first kappa shape index (κ1) is 29.3. The van der Waals surface area contributed by atoms with Crippen molar-refractivity contribution in [2.24, 2.45) is 10.8 Å². The highest BCUT2D eigenvalue weighted by Gasteiger charge is 2.31.